The molecule has 166 valence electrons. The molecule has 1 fully saturated rings. The van der Waals surface area contributed by atoms with E-state index in [1.165, 1.54) is 11.0 Å². The number of carbonyl (C=O) groups is 4. The number of nitrogens with zero attached hydrogens (tertiary/aromatic N) is 2. The van der Waals surface area contributed by atoms with Crippen LogP contribution in [0.5, 0.6) is 0 Å². The predicted octanol–water partition coefficient (Wildman–Crippen LogP) is 2.97. The van der Waals surface area contributed by atoms with Crippen molar-refractivity contribution in [2.24, 2.45) is 5.92 Å². The zero-order valence-electron chi connectivity index (χ0n) is 18.3. The van der Waals surface area contributed by atoms with Crippen molar-refractivity contribution in [3.63, 3.8) is 0 Å². The lowest BCUT2D eigenvalue weighted by molar-refractivity contribution is 0.0634. The molecule has 2 heterocycles. The number of rotatable bonds is 5. The van der Waals surface area contributed by atoms with Crippen LogP contribution >= 0.6 is 0 Å². The molecule has 0 atom stereocenters. The van der Waals surface area contributed by atoms with Gasteiger partial charge in [0.25, 0.3) is 23.6 Å². The van der Waals surface area contributed by atoms with E-state index < -0.39 is 0 Å². The molecule has 4 rings (SSSR count). The second kappa shape index (κ2) is 8.94. The number of imide groups is 1. The highest BCUT2D eigenvalue weighted by Gasteiger charge is 2.36. The number of amides is 4. The lowest BCUT2D eigenvalue weighted by atomic mass is 10.0. The summed E-state index contributed by atoms with van der Waals surface area (Å²) < 4.78 is 0. The first kappa shape index (κ1) is 21.7. The van der Waals surface area contributed by atoms with Gasteiger partial charge in [-0.25, -0.2) is 0 Å². The van der Waals surface area contributed by atoms with Crippen molar-refractivity contribution in [2.75, 3.05) is 19.6 Å². The van der Waals surface area contributed by atoms with E-state index in [4.69, 9.17) is 0 Å². The molecule has 0 bridgehead atoms. The molecule has 32 heavy (non-hydrogen) atoms. The monoisotopic (exact) mass is 433 g/mol. The molecule has 2 aliphatic rings. The average Bonchev–Trinajstić information content (AvgIpc) is 3.03. The normalized spacial score (nSPS) is 16.5. The maximum Gasteiger partial charge on any atom is 0.261 e. The molecule has 2 aliphatic heterocycles. The number of carbonyl (C=O) groups excluding carboxylic acids is 4. The van der Waals surface area contributed by atoms with E-state index in [1.54, 1.807) is 29.2 Å². The summed E-state index contributed by atoms with van der Waals surface area (Å²) in [5.41, 5.74) is 1.66. The first-order valence-electron chi connectivity index (χ1n) is 11.0. The minimum Gasteiger partial charge on any atom is -0.349 e. The van der Waals surface area contributed by atoms with Gasteiger partial charge in [-0.3, -0.25) is 24.1 Å². The highest BCUT2D eigenvalue weighted by Crippen LogP contribution is 2.25. The molecule has 0 saturated carbocycles. The van der Waals surface area contributed by atoms with Gasteiger partial charge in [-0.1, -0.05) is 32.0 Å². The van der Waals surface area contributed by atoms with Gasteiger partial charge in [-0.05, 0) is 49.1 Å². The predicted molar refractivity (Wildman–Crippen MR) is 119 cm³/mol. The van der Waals surface area contributed by atoms with Crippen molar-refractivity contribution in [2.45, 2.75) is 32.7 Å². The van der Waals surface area contributed by atoms with E-state index in [2.05, 4.69) is 5.32 Å². The van der Waals surface area contributed by atoms with Crippen LogP contribution in [0.3, 0.4) is 0 Å². The van der Waals surface area contributed by atoms with Crippen molar-refractivity contribution < 1.29 is 19.2 Å². The number of hydrogen-bond donors (Lipinski definition) is 1. The first-order chi connectivity index (χ1) is 15.3. The second-order valence-electron chi connectivity index (χ2n) is 8.78. The van der Waals surface area contributed by atoms with Crippen molar-refractivity contribution in [1.29, 1.82) is 0 Å². The van der Waals surface area contributed by atoms with E-state index in [-0.39, 0.29) is 41.2 Å². The molecule has 4 amide bonds. The number of likely N-dealkylation sites (tertiary alicyclic amines) is 1. The number of nitrogens with one attached hydrogen (secondary N) is 1. The fraction of sp³-hybridized carbons (Fsp3) is 0.360. The van der Waals surface area contributed by atoms with Crippen LogP contribution in [0, 0.1) is 5.92 Å². The Labute approximate surface area is 187 Å². The van der Waals surface area contributed by atoms with E-state index in [0.29, 0.717) is 49.2 Å². The molecular formula is C25H27N3O4. The van der Waals surface area contributed by atoms with E-state index in [9.17, 15) is 19.2 Å². The summed E-state index contributed by atoms with van der Waals surface area (Å²) in [6.07, 6.45) is 1.32. The fourth-order valence-corrected chi connectivity index (χ4v) is 4.22. The Balaban J connectivity index is 1.37. The van der Waals surface area contributed by atoms with Gasteiger partial charge in [0.15, 0.2) is 0 Å². The van der Waals surface area contributed by atoms with E-state index in [1.807, 2.05) is 32.0 Å². The standard InChI is InChI=1S/C25H27N3O4/c1-16(2)15-28-24(31)20-9-8-18(14-21(20)25(28)32)22(29)26-19-10-12-27(13-11-19)23(30)17-6-4-3-5-7-17/h3-9,14,16,19H,10-13,15H2,1-2H3,(H,26,29). The minimum atomic E-state index is -0.346. The van der Waals surface area contributed by atoms with Gasteiger partial charge in [0.1, 0.15) is 0 Å². The van der Waals surface area contributed by atoms with E-state index >= 15 is 0 Å². The zero-order valence-corrected chi connectivity index (χ0v) is 18.3. The van der Waals surface area contributed by atoms with Crippen LogP contribution in [0.15, 0.2) is 48.5 Å². The Morgan fingerprint density at radius 1 is 0.938 bits per heavy atom. The topological polar surface area (TPSA) is 86.8 Å². The van der Waals surface area contributed by atoms with Gasteiger partial charge in [-0.2, -0.15) is 0 Å². The van der Waals surface area contributed by atoms with Crippen molar-refractivity contribution in [3.05, 3.63) is 70.8 Å². The van der Waals surface area contributed by atoms with Crippen LogP contribution in [-0.4, -0.2) is 59.1 Å². The van der Waals surface area contributed by atoms with Crippen LogP contribution in [0.25, 0.3) is 0 Å². The Morgan fingerprint density at radius 2 is 1.59 bits per heavy atom. The molecule has 0 unspecified atom stereocenters. The largest absolute Gasteiger partial charge is 0.349 e. The van der Waals surface area contributed by atoms with Crippen LogP contribution in [0.2, 0.25) is 0 Å². The van der Waals surface area contributed by atoms with Gasteiger partial charge in [0.2, 0.25) is 0 Å². The minimum absolute atomic E-state index is 0.00290. The van der Waals surface area contributed by atoms with Gasteiger partial charge in [0, 0.05) is 36.8 Å². The molecule has 2 aromatic rings. The molecule has 0 spiro atoms. The van der Waals surface area contributed by atoms with E-state index in [0.717, 1.165) is 0 Å². The lowest BCUT2D eigenvalue weighted by Gasteiger charge is -2.32. The molecule has 1 N–H and O–H groups in total. The second-order valence-corrected chi connectivity index (χ2v) is 8.78. The summed E-state index contributed by atoms with van der Waals surface area (Å²) in [4.78, 5) is 53.6. The number of benzene rings is 2. The van der Waals surface area contributed by atoms with Crippen LogP contribution < -0.4 is 5.32 Å². The third-order valence-electron chi connectivity index (χ3n) is 5.92. The molecule has 2 aromatic carbocycles. The quantitative estimate of drug-likeness (QED) is 0.735. The molecular weight excluding hydrogens is 406 g/mol. The Kier molecular flexibility index (Phi) is 6.08. The highest BCUT2D eigenvalue weighted by atomic mass is 16.2. The molecule has 7 nitrogen and oxygen atoms in total. The van der Waals surface area contributed by atoms with Gasteiger partial charge in [-0.15, -0.1) is 0 Å². The third-order valence-corrected chi connectivity index (χ3v) is 5.92. The zero-order chi connectivity index (χ0) is 22.8. The summed E-state index contributed by atoms with van der Waals surface area (Å²) >= 11 is 0. The molecule has 0 aliphatic carbocycles. The maximum atomic E-state index is 12.8. The summed E-state index contributed by atoms with van der Waals surface area (Å²) in [5, 5.41) is 3.01. The first-order valence-corrected chi connectivity index (χ1v) is 11.0. The highest BCUT2D eigenvalue weighted by molar-refractivity contribution is 6.22. The smallest absolute Gasteiger partial charge is 0.261 e. The Hall–Kier alpha value is -3.48. The van der Waals surface area contributed by atoms with Gasteiger partial charge in [0.05, 0.1) is 11.1 Å². The molecule has 7 heteroatoms. The average molecular weight is 434 g/mol. The van der Waals surface area contributed by atoms with Crippen molar-refractivity contribution >= 4 is 23.6 Å². The van der Waals surface area contributed by atoms with Crippen LogP contribution in [-0.2, 0) is 0 Å². The molecule has 0 aromatic heterocycles. The maximum absolute atomic E-state index is 12.8. The number of fused-ring (bicyclic) bond motifs is 1. The summed E-state index contributed by atoms with van der Waals surface area (Å²) in [6.45, 7) is 5.39. The summed E-state index contributed by atoms with van der Waals surface area (Å²) in [6, 6.07) is 13.8. The molecule has 1 saturated heterocycles. The summed E-state index contributed by atoms with van der Waals surface area (Å²) in [5.74, 6) is -0.756. The van der Waals surface area contributed by atoms with Crippen LogP contribution in [0.1, 0.15) is 68.1 Å². The van der Waals surface area contributed by atoms with Gasteiger partial charge < -0.3 is 10.2 Å². The SMILES string of the molecule is CC(C)CN1C(=O)c2ccc(C(=O)NC3CCN(C(=O)c4ccccc4)CC3)cc2C1=O. The number of hydrogen-bond acceptors (Lipinski definition) is 4. The van der Waals surface area contributed by atoms with Crippen molar-refractivity contribution in [1.82, 2.24) is 15.1 Å². The van der Waals surface area contributed by atoms with Gasteiger partial charge >= 0.3 is 0 Å². The molecule has 0 radical (unpaired) electrons. The Morgan fingerprint density at radius 3 is 2.25 bits per heavy atom. The summed E-state index contributed by atoms with van der Waals surface area (Å²) in [7, 11) is 0. The van der Waals surface area contributed by atoms with Crippen molar-refractivity contribution in [3.8, 4) is 0 Å². The fourth-order valence-electron chi connectivity index (χ4n) is 4.22. The lowest BCUT2D eigenvalue weighted by Crippen LogP contribution is -2.46. The van der Waals surface area contributed by atoms with Crippen LogP contribution in [0.4, 0.5) is 0 Å². The third kappa shape index (κ3) is 4.28. The Bertz CT molecular complexity index is 1060. The number of piperidine rings is 1.